The Balaban J connectivity index is 2.35. The van der Waals surface area contributed by atoms with Crippen LogP contribution in [-0.4, -0.2) is 35.3 Å². The fourth-order valence-corrected chi connectivity index (χ4v) is 1.90. The fourth-order valence-electron chi connectivity index (χ4n) is 1.23. The van der Waals surface area contributed by atoms with Crippen LogP contribution >= 0.6 is 11.8 Å². The van der Waals surface area contributed by atoms with E-state index in [0.717, 1.165) is 24.2 Å². The van der Waals surface area contributed by atoms with Crippen molar-refractivity contribution in [1.29, 1.82) is 5.41 Å². The van der Waals surface area contributed by atoms with Crippen LogP contribution in [0.1, 0.15) is 13.3 Å². The van der Waals surface area contributed by atoms with Crippen LogP contribution in [-0.2, 0) is 0 Å². The molecule has 0 aromatic heterocycles. The minimum atomic E-state index is 0.719. The van der Waals surface area contributed by atoms with Crippen molar-refractivity contribution in [2.45, 2.75) is 18.6 Å². The molecule has 58 valence electrons. The third-order valence-electron chi connectivity index (χ3n) is 1.95. The Morgan fingerprint density at radius 2 is 2.40 bits per heavy atom. The molecule has 0 aliphatic carbocycles. The second-order valence-corrected chi connectivity index (χ2v) is 3.82. The number of hydrogen-bond acceptors (Lipinski definition) is 2. The van der Waals surface area contributed by atoms with Crippen molar-refractivity contribution in [3.63, 3.8) is 0 Å². The standard InChI is InChI=1S/C7H14N2S/c1-6(8)9-4-3-7(5-9)10-2/h7-8H,3-5H2,1-2H3/t7-/m0/s1. The van der Waals surface area contributed by atoms with Gasteiger partial charge in [-0.3, -0.25) is 5.41 Å². The molecule has 10 heavy (non-hydrogen) atoms. The van der Waals surface area contributed by atoms with Crippen LogP contribution in [0.4, 0.5) is 0 Å². The van der Waals surface area contributed by atoms with E-state index in [1.165, 1.54) is 6.42 Å². The molecule has 1 heterocycles. The summed E-state index contributed by atoms with van der Waals surface area (Å²) in [6.45, 7) is 4.03. The topological polar surface area (TPSA) is 27.1 Å². The lowest BCUT2D eigenvalue weighted by Crippen LogP contribution is -2.25. The molecule has 1 fully saturated rings. The van der Waals surface area contributed by atoms with Crippen molar-refractivity contribution >= 4 is 17.6 Å². The predicted molar refractivity (Wildman–Crippen MR) is 46.9 cm³/mol. The molecular weight excluding hydrogens is 144 g/mol. The zero-order chi connectivity index (χ0) is 7.56. The van der Waals surface area contributed by atoms with E-state index in [1.807, 2.05) is 18.7 Å². The number of thioether (sulfide) groups is 1. The maximum Gasteiger partial charge on any atom is 0.0926 e. The monoisotopic (exact) mass is 158 g/mol. The lowest BCUT2D eigenvalue weighted by Gasteiger charge is -2.15. The number of likely N-dealkylation sites (tertiary alicyclic amines) is 1. The Kier molecular flexibility index (Phi) is 2.60. The molecule has 0 unspecified atom stereocenters. The highest BCUT2D eigenvalue weighted by atomic mass is 32.2. The molecule has 1 rings (SSSR count). The SMILES string of the molecule is CS[C@H]1CCN(C(C)=N)C1. The molecule has 0 aromatic carbocycles. The predicted octanol–water partition coefficient (Wildman–Crippen LogP) is 1.42. The van der Waals surface area contributed by atoms with Crippen molar-refractivity contribution in [2.75, 3.05) is 19.3 Å². The second kappa shape index (κ2) is 3.28. The van der Waals surface area contributed by atoms with Crippen LogP contribution in [0, 0.1) is 5.41 Å². The summed E-state index contributed by atoms with van der Waals surface area (Å²) in [6, 6.07) is 0. The number of amidine groups is 1. The summed E-state index contributed by atoms with van der Waals surface area (Å²) in [5, 5.41) is 8.14. The summed E-state index contributed by atoms with van der Waals surface area (Å²) in [7, 11) is 0. The van der Waals surface area contributed by atoms with Crippen LogP contribution in [0.15, 0.2) is 0 Å². The average Bonchev–Trinajstić information content (AvgIpc) is 2.34. The summed E-state index contributed by atoms with van der Waals surface area (Å²) in [5.74, 6) is 0.719. The van der Waals surface area contributed by atoms with Gasteiger partial charge in [-0.15, -0.1) is 0 Å². The Morgan fingerprint density at radius 1 is 1.70 bits per heavy atom. The molecule has 0 bridgehead atoms. The second-order valence-electron chi connectivity index (χ2n) is 2.68. The zero-order valence-electron chi connectivity index (χ0n) is 6.55. The Bertz CT molecular complexity index is 136. The van der Waals surface area contributed by atoms with Gasteiger partial charge >= 0.3 is 0 Å². The van der Waals surface area contributed by atoms with Gasteiger partial charge in [-0.05, 0) is 19.6 Å². The van der Waals surface area contributed by atoms with E-state index < -0.39 is 0 Å². The molecule has 1 saturated heterocycles. The Labute approximate surface area is 66.5 Å². The van der Waals surface area contributed by atoms with Crippen LogP contribution in [0.2, 0.25) is 0 Å². The summed E-state index contributed by atoms with van der Waals surface area (Å²) in [5.41, 5.74) is 0. The van der Waals surface area contributed by atoms with Gasteiger partial charge in [-0.1, -0.05) is 0 Å². The smallest absolute Gasteiger partial charge is 0.0926 e. The van der Waals surface area contributed by atoms with Crippen molar-refractivity contribution in [3.05, 3.63) is 0 Å². The van der Waals surface area contributed by atoms with Gasteiger partial charge in [0.1, 0.15) is 0 Å². The molecule has 0 amide bonds. The highest BCUT2D eigenvalue weighted by Crippen LogP contribution is 2.19. The van der Waals surface area contributed by atoms with Gasteiger partial charge in [0.25, 0.3) is 0 Å². The Hall–Kier alpha value is -0.180. The van der Waals surface area contributed by atoms with Crippen molar-refractivity contribution < 1.29 is 0 Å². The molecule has 3 heteroatoms. The highest BCUT2D eigenvalue weighted by molar-refractivity contribution is 7.99. The van der Waals surface area contributed by atoms with E-state index in [9.17, 15) is 0 Å². The number of nitrogens with one attached hydrogen (secondary N) is 1. The van der Waals surface area contributed by atoms with Gasteiger partial charge in [0.05, 0.1) is 5.84 Å². The van der Waals surface area contributed by atoms with E-state index in [-0.39, 0.29) is 0 Å². The molecule has 0 saturated carbocycles. The minimum absolute atomic E-state index is 0.719. The highest BCUT2D eigenvalue weighted by Gasteiger charge is 2.21. The molecule has 1 aliphatic heterocycles. The summed E-state index contributed by atoms with van der Waals surface area (Å²) >= 11 is 1.92. The van der Waals surface area contributed by atoms with Crippen LogP contribution in [0.5, 0.6) is 0 Å². The maximum absolute atomic E-state index is 7.37. The lowest BCUT2D eigenvalue weighted by atomic mass is 10.4. The summed E-state index contributed by atoms with van der Waals surface area (Å²) in [4.78, 5) is 2.14. The largest absolute Gasteiger partial charge is 0.360 e. The molecule has 1 atom stereocenters. The number of hydrogen-bond donors (Lipinski definition) is 1. The Morgan fingerprint density at radius 3 is 2.70 bits per heavy atom. The zero-order valence-corrected chi connectivity index (χ0v) is 7.37. The van der Waals surface area contributed by atoms with Crippen molar-refractivity contribution in [3.8, 4) is 0 Å². The molecule has 1 aliphatic rings. The summed E-state index contributed by atoms with van der Waals surface area (Å²) in [6.07, 6.45) is 3.39. The van der Waals surface area contributed by atoms with Crippen LogP contribution < -0.4 is 0 Å². The molecule has 0 spiro atoms. The first-order valence-corrected chi connectivity index (χ1v) is 4.85. The number of nitrogens with zero attached hydrogens (tertiary/aromatic N) is 1. The lowest BCUT2D eigenvalue weighted by molar-refractivity contribution is 0.514. The van der Waals surface area contributed by atoms with Crippen molar-refractivity contribution in [2.24, 2.45) is 0 Å². The first-order valence-electron chi connectivity index (χ1n) is 3.57. The molecule has 0 radical (unpaired) electrons. The van der Waals surface area contributed by atoms with E-state index in [1.54, 1.807) is 0 Å². The first-order chi connectivity index (χ1) is 4.74. The summed E-state index contributed by atoms with van der Waals surface area (Å²) < 4.78 is 0. The van der Waals surface area contributed by atoms with Gasteiger partial charge in [-0.25, -0.2) is 0 Å². The average molecular weight is 158 g/mol. The minimum Gasteiger partial charge on any atom is -0.360 e. The molecular formula is C7H14N2S. The van der Waals surface area contributed by atoms with Crippen LogP contribution in [0.25, 0.3) is 0 Å². The van der Waals surface area contributed by atoms with E-state index in [2.05, 4.69) is 11.2 Å². The fraction of sp³-hybridized carbons (Fsp3) is 0.857. The molecule has 2 nitrogen and oxygen atoms in total. The van der Waals surface area contributed by atoms with E-state index >= 15 is 0 Å². The van der Waals surface area contributed by atoms with Crippen molar-refractivity contribution in [1.82, 2.24) is 4.90 Å². The van der Waals surface area contributed by atoms with Gasteiger partial charge in [-0.2, -0.15) is 11.8 Å². The van der Waals surface area contributed by atoms with Crippen LogP contribution in [0.3, 0.4) is 0 Å². The van der Waals surface area contributed by atoms with E-state index in [4.69, 9.17) is 5.41 Å². The third-order valence-corrected chi connectivity index (χ3v) is 3.00. The molecule has 1 N–H and O–H groups in total. The quantitative estimate of drug-likeness (QED) is 0.461. The third kappa shape index (κ3) is 1.66. The normalized spacial score (nSPS) is 25.4. The van der Waals surface area contributed by atoms with Gasteiger partial charge in [0.2, 0.25) is 0 Å². The first kappa shape index (κ1) is 7.92. The van der Waals surface area contributed by atoms with Gasteiger partial charge < -0.3 is 4.90 Å². The number of rotatable bonds is 1. The maximum atomic E-state index is 7.37. The molecule has 0 aromatic rings. The van der Waals surface area contributed by atoms with Gasteiger partial charge in [0.15, 0.2) is 0 Å². The van der Waals surface area contributed by atoms with Gasteiger partial charge in [0, 0.05) is 18.3 Å². The van der Waals surface area contributed by atoms with E-state index in [0.29, 0.717) is 0 Å².